The number of hydrogen-bond acceptors (Lipinski definition) is 4. The fraction of sp³-hybridized carbons (Fsp3) is 0.167. The molecule has 0 saturated heterocycles. The zero-order valence-corrected chi connectivity index (χ0v) is 17.7. The predicted molar refractivity (Wildman–Crippen MR) is 120 cm³/mol. The summed E-state index contributed by atoms with van der Waals surface area (Å²) in [6.07, 6.45) is -2.91. The molecule has 1 amide bonds. The minimum Gasteiger partial charge on any atom is -0.324 e. The molecular weight excluding hydrogens is 449 g/mol. The molecule has 34 heavy (non-hydrogen) atoms. The fourth-order valence-electron chi connectivity index (χ4n) is 3.65. The van der Waals surface area contributed by atoms with Crippen molar-refractivity contribution in [1.82, 2.24) is 14.1 Å². The first-order valence-electron chi connectivity index (χ1n) is 10.3. The Hall–Kier alpha value is -4.21. The molecule has 0 radical (unpaired) electrons. The summed E-state index contributed by atoms with van der Waals surface area (Å²) < 4.78 is 41.8. The van der Waals surface area contributed by atoms with Gasteiger partial charge in [0.1, 0.15) is 12.2 Å². The largest absolute Gasteiger partial charge is 0.418 e. The Bertz CT molecular complexity index is 1460. The zero-order chi connectivity index (χ0) is 24.3. The minimum atomic E-state index is -4.67. The highest BCUT2D eigenvalue weighted by Gasteiger charge is 2.33. The molecule has 4 rings (SSSR count). The lowest BCUT2D eigenvalue weighted by Gasteiger charge is -2.15. The van der Waals surface area contributed by atoms with Crippen molar-refractivity contribution in [3.63, 3.8) is 0 Å². The topological polar surface area (TPSA) is 86.0 Å². The van der Waals surface area contributed by atoms with Gasteiger partial charge in [0.25, 0.3) is 5.56 Å². The second kappa shape index (κ2) is 9.34. The van der Waals surface area contributed by atoms with Gasteiger partial charge in [-0.3, -0.25) is 18.7 Å². The van der Waals surface area contributed by atoms with Crippen molar-refractivity contribution >= 4 is 22.6 Å². The van der Waals surface area contributed by atoms with Crippen LogP contribution in [0.2, 0.25) is 0 Å². The van der Waals surface area contributed by atoms with Crippen LogP contribution in [0.15, 0.2) is 82.5 Å². The van der Waals surface area contributed by atoms with Crippen LogP contribution in [0, 0.1) is 0 Å². The number of nitrogens with zero attached hydrogens (tertiary/aromatic N) is 3. The smallest absolute Gasteiger partial charge is 0.324 e. The number of aromatic nitrogens is 3. The summed E-state index contributed by atoms with van der Waals surface area (Å²) >= 11 is 0. The normalized spacial score (nSPS) is 11.5. The number of anilines is 1. The van der Waals surface area contributed by atoms with Crippen LogP contribution in [0.3, 0.4) is 0 Å². The van der Waals surface area contributed by atoms with Gasteiger partial charge in [0.15, 0.2) is 0 Å². The molecule has 2 heterocycles. The number of halogens is 3. The molecule has 2 aromatic heterocycles. The van der Waals surface area contributed by atoms with E-state index in [0.29, 0.717) is 6.42 Å². The summed E-state index contributed by atoms with van der Waals surface area (Å²) in [6, 6.07) is 16.8. The number of carbonyl (C=O) groups excluding carboxylic acids is 1. The van der Waals surface area contributed by atoms with Gasteiger partial charge in [-0.05, 0) is 36.2 Å². The summed E-state index contributed by atoms with van der Waals surface area (Å²) in [4.78, 5) is 42.9. The Kier molecular flexibility index (Phi) is 6.31. The molecule has 0 aliphatic heterocycles. The number of pyridine rings is 1. The SMILES string of the molecule is O=C(Cn1c(=O)n(CCc2ccccc2)c(=O)c2cccnc21)Nc1ccccc1C(F)(F)F. The maximum atomic E-state index is 13.3. The summed E-state index contributed by atoms with van der Waals surface area (Å²) in [5.41, 5.74) is -1.87. The fourth-order valence-corrected chi connectivity index (χ4v) is 3.65. The zero-order valence-electron chi connectivity index (χ0n) is 17.7. The highest BCUT2D eigenvalue weighted by molar-refractivity contribution is 5.92. The maximum Gasteiger partial charge on any atom is 0.418 e. The third-order valence-corrected chi connectivity index (χ3v) is 5.25. The number of amides is 1. The van der Waals surface area contributed by atoms with Gasteiger partial charge < -0.3 is 5.32 Å². The minimum absolute atomic E-state index is 0.0206. The van der Waals surface area contributed by atoms with Gasteiger partial charge in [0, 0.05) is 12.7 Å². The average molecular weight is 468 g/mol. The molecule has 0 aliphatic carbocycles. The first-order chi connectivity index (χ1) is 16.3. The van der Waals surface area contributed by atoms with E-state index in [1.165, 1.54) is 30.5 Å². The number of rotatable bonds is 6. The van der Waals surface area contributed by atoms with Crippen molar-refractivity contribution in [2.45, 2.75) is 25.7 Å². The van der Waals surface area contributed by atoms with Crippen LogP contribution in [-0.2, 0) is 30.5 Å². The van der Waals surface area contributed by atoms with Crippen molar-refractivity contribution < 1.29 is 18.0 Å². The van der Waals surface area contributed by atoms with Gasteiger partial charge in [-0.15, -0.1) is 0 Å². The molecule has 2 aromatic carbocycles. The Morgan fingerprint density at radius 2 is 1.62 bits per heavy atom. The first-order valence-corrected chi connectivity index (χ1v) is 10.3. The van der Waals surface area contributed by atoms with Crippen molar-refractivity contribution in [2.24, 2.45) is 0 Å². The van der Waals surface area contributed by atoms with Gasteiger partial charge in [0.05, 0.1) is 16.6 Å². The van der Waals surface area contributed by atoms with E-state index in [9.17, 15) is 27.6 Å². The van der Waals surface area contributed by atoms with Crippen LogP contribution in [0.1, 0.15) is 11.1 Å². The van der Waals surface area contributed by atoms with Crippen LogP contribution in [0.4, 0.5) is 18.9 Å². The number of aryl methyl sites for hydroxylation is 1. The molecule has 0 atom stereocenters. The quantitative estimate of drug-likeness (QED) is 0.470. The number of alkyl halides is 3. The number of benzene rings is 2. The Balaban J connectivity index is 1.69. The molecule has 4 aromatic rings. The second-order valence-corrected chi connectivity index (χ2v) is 7.53. The van der Waals surface area contributed by atoms with Gasteiger partial charge in [0.2, 0.25) is 5.91 Å². The Labute approximate surface area is 191 Å². The summed E-state index contributed by atoms with van der Waals surface area (Å²) in [7, 11) is 0. The lowest BCUT2D eigenvalue weighted by Crippen LogP contribution is -2.42. The lowest BCUT2D eigenvalue weighted by molar-refractivity contribution is -0.137. The molecule has 1 N–H and O–H groups in total. The molecule has 0 aliphatic rings. The van der Waals surface area contributed by atoms with E-state index in [-0.39, 0.29) is 17.6 Å². The molecule has 10 heteroatoms. The molecule has 0 fully saturated rings. The van der Waals surface area contributed by atoms with Crippen LogP contribution in [0.5, 0.6) is 0 Å². The maximum absolute atomic E-state index is 13.3. The van der Waals surface area contributed by atoms with Gasteiger partial charge in [-0.25, -0.2) is 9.78 Å². The van der Waals surface area contributed by atoms with E-state index < -0.39 is 41.1 Å². The summed E-state index contributed by atoms with van der Waals surface area (Å²) in [6.45, 7) is -0.560. The molecule has 0 spiro atoms. The van der Waals surface area contributed by atoms with Crippen LogP contribution >= 0.6 is 0 Å². The van der Waals surface area contributed by atoms with Crippen LogP contribution < -0.4 is 16.6 Å². The highest BCUT2D eigenvalue weighted by Crippen LogP contribution is 2.34. The van der Waals surface area contributed by atoms with Crippen molar-refractivity contribution in [1.29, 1.82) is 0 Å². The number of carbonyl (C=O) groups is 1. The molecule has 0 unspecified atom stereocenters. The predicted octanol–water partition coefficient (Wildman–Crippen LogP) is 3.46. The standard InChI is InChI=1S/C24H19F3N4O3/c25-24(26,27)18-10-4-5-11-19(18)29-20(32)15-31-21-17(9-6-13-28-21)22(33)30(23(31)34)14-12-16-7-2-1-3-8-16/h1-11,13H,12,14-15H2,(H,29,32). The number of nitrogens with one attached hydrogen (secondary N) is 1. The third-order valence-electron chi connectivity index (χ3n) is 5.25. The Morgan fingerprint density at radius 3 is 2.35 bits per heavy atom. The third kappa shape index (κ3) is 4.75. The monoisotopic (exact) mass is 468 g/mol. The van der Waals surface area contributed by atoms with Gasteiger partial charge in [-0.1, -0.05) is 42.5 Å². The van der Waals surface area contributed by atoms with E-state index in [0.717, 1.165) is 26.8 Å². The molecular formula is C24H19F3N4O3. The van der Waals surface area contributed by atoms with E-state index in [2.05, 4.69) is 10.3 Å². The second-order valence-electron chi connectivity index (χ2n) is 7.53. The number of para-hydroxylation sites is 1. The van der Waals surface area contributed by atoms with E-state index >= 15 is 0 Å². The Morgan fingerprint density at radius 1 is 0.912 bits per heavy atom. The van der Waals surface area contributed by atoms with E-state index in [1.807, 2.05) is 30.3 Å². The first kappa shape index (κ1) is 23.0. The summed E-state index contributed by atoms with van der Waals surface area (Å²) in [5, 5.41) is 2.34. The van der Waals surface area contributed by atoms with Crippen molar-refractivity contribution in [3.05, 3.63) is 105 Å². The molecule has 0 bridgehead atoms. The van der Waals surface area contributed by atoms with Crippen LogP contribution in [0.25, 0.3) is 11.0 Å². The van der Waals surface area contributed by atoms with Gasteiger partial charge in [-0.2, -0.15) is 13.2 Å². The average Bonchev–Trinajstić information content (AvgIpc) is 2.82. The number of fused-ring (bicyclic) bond motifs is 1. The molecule has 174 valence electrons. The molecule has 7 nitrogen and oxygen atoms in total. The van der Waals surface area contributed by atoms with E-state index in [1.54, 1.807) is 0 Å². The van der Waals surface area contributed by atoms with Gasteiger partial charge >= 0.3 is 11.9 Å². The summed E-state index contributed by atoms with van der Waals surface area (Å²) in [5.74, 6) is -0.862. The van der Waals surface area contributed by atoms with E-state index in [4.69, 9.17) is 0 Å². The highest BCUT2D eigenvalue weighted by atomic mass is 19.4. The number of hydrogen-bond donors (Lipinski definition) is 1. The lowest BCUT2D eigenvalue weighted by atomic mass is 10.1. The van der Waals surface area contributed by atoms with Crippen molar-refractivity contribution in [2.75, 3.05) is 5.32 Å². The van der Waals surface area contributed by atoms with Crippen LogP contribution in [-0.4, -0.2) is 20.0 Å². The van der Waals surface area contributed by atoms with Crippen molar-refractivity contribution in [3.8, 4) is 0 Å². The molecule has 0 saturated carbocycles.